The van der Waals surface area contributed by atoms with Crippen LogP contribution in [0.2, 0.25) is 5.02 Å². The number of nitrogens with zero attached hydrogens (tertiary/aromatic N) is 1. The molecule has 0 amide bonds. The summed E-state index contributed by atoms with van der Waals surface area (Å²) in [5.74, 6) is 0.656. The lowest BCUT2D eigenvalue weighted by atomic mass is 10.0. The van der Waals surface area contributed by atoms with E-state index in [-0.39, 0.29) is 6.54 Å². The Morgan fingerprint density at radius 3 is 2.38 bits per heavy atom. The lowest BCUT2D eigenvalue weighted by molar-refractivity contribution is 0.178. The number of fused-ring (bicyclic) bond motifs is 1. The van der Waals surface area contributed by atoms with Crippen molar-refractivity contribution >= 4 is 21.6 Å². The molecule has 150 valence electrons. The largest absolute Gasteiger partial charge is 0.484 e. The van der Waals surface area contributed by atoms with Crippen molar-refractivity contribution in [2.45, 2.75) is 24.3 Å². The molecule has 1 unspecified atom stereocenters. The Morgan fingerprint density at radius 2 is 1.66 bits per heavy atom. The summed E-state index contributed by atoms with van der Waals surface area (Å²) in [5.41, 5.74) is 3.15. The first-order valence-electron chi connectivity index (χ1n) is 9.50. The molecule has 1 atom stereocenters. The van der Waals surface area contributed by atoms with Gasteiger partial charge in [-0.25, -0.2) is 8.42 Å². The maximum atomic E-state index is 13.3. The van der Waals surface area contributed by atoms with Gasteiger partial charge in [-0.1, -0.05) is 53.6 Å². The SMILES string of the molecule is Cc1ccc(S(=O)(=O)N2CCc3ccccc3C(Oc3ccc(Cl)cc3)C2)cc1. The number of rotatable bonds is 4. The monoisotopic (exact) mass is 427 g/mol. The second-order valence-electron chi connectivity index (χ2n) is 7.19. The summed E-state index contributed by atoms with van der Waals surface area (Å²) >= 11 is 5.98. The molecule has 6 heteroatoms. The maximum Gasteiger partial charge on any atom is 0.243 e. The molecule has 0 saturated heterocycles. The van der Waals surface area contributed by atoms with Gasteiger partial charge in [0, 0.05) is 11.6 Å². The van der Waals surface area contributed by atoms with Crippen LogP contribution in [0.1, 0.15) is 22.8 Å². The minimum atomic E-state index is -3.62. The zero-order chi connectivity index (χ0) is 20.4. The second-order valence-corrected chi connectivity index (χ2v) is 9.56. The molecule has 29 heavy (non-hydrogen) atoms. The molecule has 0 aliphatic carbocycles. The number of hydrogen-bond donors (Lipinski definition) is 0. The van der Waals surface area contributed by atoms with Gasteiger partial charge in [-0.2, -0.15) is 4.31 Å². The average Bonchev–Trinajstić information content (AvgIpc) is 2.90. The van der Waals surface area contributed by atoms with Gasteiger partial charge in [0.25, 0.3) is 0 Å². The highest BCUT2D eigenvalue weighted by molar-refractivity contribution is 7.89. The van der Waals surface area contributed by atoms with Crippen molar-refractivity contribution in [2.24, 2.45) is 0 Å². The lowest BCUT2D eigenvalue weighted by Crippen LogP contribution is -2.36. The molecular weight excluding hydrogens is 406 g/mol. The van der Waals surface area contributed by atoms with E-state index < -0.39 is 16.1 Å². The van der Waals surface area contributed by atoms with E-state index in [1.165, 1.54) is 4.31 Å². The lowest BCUT2D eigenvalue weighted by Gasteiger charge is -2.25. The second kappa shape index (κ2) is 8.19. The molecule has 0 N–H and O–H groups in total. The van der Waals surface area contributed by atoms with Gasteiger partial charge in [-0.3, -0.25) is 0 Å². The molecule has 1 heterocycles. The predicted molar refractivity (Wildman–Crippen MR) is 115 cm³/mol. The van der Waals surface area contributed by atoms with Crippen molar-refractivity contribution in [3.63, 3.8) is 0 Å². The fourth-order valence-electron chi connectivity index (χ4n) is 3.55. The number of sulfonamides is 1. The summed E-state index contributed by atoms with van der Waals surface area (Å²) < 4.78 is 34.4. The summed E-state index contributed by atoms with van der Waals surface area (Å²) in [6.45, 7) is 2.60. The molecule has 0 radical (unpaired) electrons. The summed E-state index contributed by atoms with van der Waals surface area (Å²) in [7, 11) is -3.62. The minimum absolute atomic E-state index is 0.246. The number of benzene rings is 3. The zero-order valence-electron chi connectivity index (χ0n) is 16.1. The van der Waals surface area contributed by atoms with Gasteiger partial charge in [0.15, 0.2) is 0 Å². The number of ether oxygens (including phenoxy) is 1. The first-order valence-corrected chi connectivity index (χ1v) is 11.3. The number of aryl methyl sites for hydroxylation is 1. The maximum absolute atomic E-state index is 13.3. The molecule has 1 aliphatic heterocycles. The van der Waals surface area contributed by atoms with Crippen LogP contribution in [-0.4, -0.2) is 25.8 Å². The highest BCUT2D eigenvalue weighted by Gasteiger charge is 2.32. The van der Waals surface area contributed by atoms with Gasteiger partial charge in [0.1, 0.15) is 11.9 Å². The summed E-state index contributed by atoms with van der Waals surface area (Å²) in [4.78, 5) is 0.305. The van der Waals surface area contributed by atoms with Gasteiger partial charge < -0.3 is 4.74 Å². The van der Waals surface area contributed by atoms with Gasteiger partial charge >= 0.3 is 0 Å². The van der Waals surface area contributed by atoms with Gasteiger partial charge in [-0.15, -0.1) is 0 Å². The molecule has 3 aromatic rings. The van der Waals surface area contributed by atoms with Crippen LogP contribution in [-0.2, 0) is 16.4 Å². The van der Waals surface area contributed by atoms with Crippen molar-refractivity contribution in [1.29, 1.82) is 0 Å². The van der Waals surface area contributed by atoms with Crippen molar-refractivity contribution in [2.75, 3.05) is 13.1 Å². The number of halogens is 1. The summed E-state index contributed by atoms with van der Waals surface area (Å²) in [6, 6.07) is 22.1. The van der Waals surface area contributed by atoms with Crippen LogP contribution in [0.4, 0.5) is 0 Å². The normalized spacial score (nSPS) is 17.4. The van der Waals surface area contributed by atoms with Crippen LogP contribution < -0.4 is 4.74 Å². The molecule has 1 aliphatic rings. The van der Waals surface area contributed by atoms with Crippen LogP contribution in [0.3, 0.4) is 0 Å². The fraction of sp³-hybridized carbons (Fsp3) is 0.217. The highest BCUT2D eigenvalue weighted by atomic mass is 35.5. The third-order valence-corrected chi connectivity index (χ3v) is 7.28. The molecule has 0 bridgehead atoms. The standard InChI is InChI=1S/C23H22ClNO3S/c1-17-6-12-21(13-7-17)29(26,27)25-15-14-18-4-2-3-5-22(18)23(16-25)28-20-10-8-19(24)9-11-20/h2-13,23H,14-16H2,1H3. The average molecular weight is 428 g/mol. The molecule has 0 fully saturated rings. The van der Waals surface area contributed by atoms with E-state index >= 15 is 0 Å². The van der Waals surface area contributed by atoms with Crippen molar-refractivity contribution in [3.8, 4) is 5.75 Å². The molecule has 4 rings (SSSR count). The van der Waals surface area contributed by atoms with Crippen molar-refractivity contribution in [1.82, 2.24) is 4.31 Å². The van der Waals surface area contributed by atoms with Crippen LogP contribution >= 0.6 is 11.6 Å². The van der Waals surface area contributed by atoms with E-state index in [9.17, 15) is 8.42 Å². The van der Waals surface area contributed by atoms with Crippen LogP contribution in [0.5, 0.6) is 5.75 Å². The van der Waals surface area contributed by atoms with Crippen LogP contribution in [0.15, 0.2) is 77.7 Å². The third-order valence-electron chi connectivity index (χ3n) is 5.15. The Labute approximate surface area is 176 Å². The molecule has 0 spiro atoms. The van der Waals surface area contributed by atoms with E-state index in [4.69, 9.17) is 16.3 Å². The van der Waals surface area contributed by atoms with Gasteiger partial charge in [0.05, 0.1) is 11.4 Å². The highest BCUT2D eigenvalue weighted by Crippen LogP contribution is 2.31. The summed E-state index contributed by atoms with van der Waals surface area (Å²) in [5, 5.41) is 0.627. The fourth-order valence-corrected chi connectivity index (χ4v) is 5.12. The van der Waals surface area contributed by atoms with Gasteiger partial charge in [-0.05, 0) is 60.9 Å². The Hall–Kier alpha value is -2.34. The third kappa shape index (κ3) is 4.32. The Bertz CT molecular complexity index is 1100. The van der Waals surface area contributed by atoms with Gasteiger partial charge in [0.2, 0.25) is 10.0 Å². The first-order chi connectivity index (χ1) is 13.9. The van der Waals surface area contributed by atoms with E-state index in [0.717, 1.165) is 16.7 Å². The smallest absolute Gasteiger partial charge is 0.243 e. The molecule has 0 saturated carbocycles. The van der Waals surface area contributed by atoms with E-state index in [2.05, 4.69) is 0 Å². The summed E-state index contributed by atoms with van der Waals surface area (Å²) in [6.07, 6.45) is 0.233. The van der Waals surface area contributed by atoms with E-state index in [1.807, 2.05) is 43.3 Å². The Kier molecular flexibility index (Phi) is 5.63. The predicted octanol–water partition coefficient (Wildman–Crippen LogP) is 5.02. The van der Waals surface area contributed by atoms with Crippen molar-refractivity contribution < 1.29 is 13.2 Å². The van der Waals surface area contributed by atoms with E-state index in [0.29, 0.717) is 28.6 Å². The zero-order valence-corrected chi connectivity index (χ0v) is 17.7. The molecule has 0 aromatic heterocycles. The Balaban J connectivity index is 1.68. The number of hydrogen-bond acceptors (Lipinski definition) is 3. The topological polar surface area (TPSA) is 46.6 Å². The minimum Gasteiger partial charge on any atom is -0.484 e. The molecule has 4 nitrogen and oxygen atoms in total. The van der Waals surface area contributed by atoms with E-state index in [1.54, 1.807) is 36.4 Å². The quantitative estimate of drug-likeness (QED) is 0.587. The Morgan fingerprint density at radius 1 is 0.966 bits per heavy atom. The molecule has 3 aromatic carbocycles. The first kappa shape index (κ1) is 20.0. The molecular formula is C23H22ClNO3S. The van der Waals surface area contributed by atoms with Crippen LogP contribution in [0, 0.1) is 6.92 Å². The van der Waals surface area contributed by atoms with Crippen molar-refractivity contribution in [3.05, 3.63) is 94.5 Å². The van der Waals surface area contributed by atoms with Crippen LogP contribution in [0.25, 0.3) is 0 Å².